The molecule has 2 aromatic heterocycles. The highest BCUT2D eigenvalue weighted by Gasteiger charge is 2.11. The van der Waals surface area contributed by atoms with Gasteiger partial charge in [-0.05, 0) is 26.8 Å². The van der Waals surface area contributed by atoms with Gasteiger partial charge in [0.05, 0.1) is 0 Å². The van der Waals surface area contributed by atoms with Crippen molar-refractivity contribution in [3.8, 4) is 0 Å². The lowest BCUT2D eigenvalue weighted by Gasteiger charge is -2.12. The van der Waals surface area contributed by atoms with Crippen molar-refractivity contribution in [2.24, 2.45) is 0 Å². The second kappa shape index (κ2) is 5.14. The minimum Gasteiger partial charge on any atom is -0.466 e. The smallest absolute Gasteiger partial charge is 0.137 e. The number of aromatic amines is 1. The second-order valence-electron chi connectivity index (χ2n) is 4.23. The summed E-state index contributed by atoms with van der Waals surface area (Å²) in [6.07, 6.45) is 2.38. The zero-order chi connectivity index (χ0) is 12.3. The van der Waals surface area contributed by atoms with Crippen molar-refractivity contribution in [2.75, 3.05) is 6.54 Å². The molecule has 0 aromatic carbocycles. The Bertz CT molecular complexity index is 461. The molecule has 0 saturated carbocycles. The van der Waals surface area contributed by atoms with Gasteiger partial charge in [-0.15, -0.1) is 0 Å². The molecule has 1 unspecified atom stereocenters. The molecule has 5 nitrogen and oxygen atoms in total. The Morgan fingerprint density at radius 3 is 2.88 bits per heavy atom. The predicted octanol–water partition coefficient (Wildman–Crippen LogP) is 1.91. The maximum atomic E-state index is 5.52. The van der Waals surface area contributed by atoms with Gasteiger partial charge in [0.1, 0.15) is 23.7 Å². The number of hydrogen-bond donors (Lipinski definition) is 2. The number of rotatable bonds is 5. The number of nitrogens with one attached hydrogen (secondary N) is 2. The number of aryl methyl sites for hydroxylation is 2. The highest BCUT2D eigenvalue weighted by atomic mass is 16.3. The molecule has 92 valence electrons. The zero-order valence-electron chi connectivity index (χ0n) is 10.4. The second-order valence-corrected chi connectivity index (χ2v) is 4.23. The maximum absolute atomic E-state index is 5.52. The van der Waals surface area contributed by atoms with Crippen LogP contribution in [-0.4, -0.2) is 21.7 Å². The first-order valence-corrected chi connectivity index (χ1v) is 5.81. The summed E-state index contributed by atoms with van der Waals surface area (Å²) < 4.78 is 5.52. The molecule has 2 heterocycles. The van der Waals surface area contributed by atoms with Crippen LogP contribution in [0.1, 0.15) is 35.9 Å². The van der Waals surface area contributed by atoms with Crippen LogP contribution < -0.4 is 5.32 Å². The van der Waals surface area contributed by atoms with Crippen LogP contribution in [-0.2, 0) is 6.42 Å². The molecule has 2 aromatic rings. The molecule has 17 heavy (non-hydrogen) atoms. The van der Waals surface area contributed by atoms with E-state index in [9.17, 15) is 0 Å². The minimum absolute atomic E-state index is 0.287. The van der Waals surface area contributed by atoms with E-state index in [-0.39, 0.29) is 6.04 Å². The Morgan fingerprint density at radius 2 is 2.29 bits per heavy atom. The van der Waals surface area contributed by atoms with E-state index in [1.165, 1.54) is 11.9 Å². The van der Waals surface area contributed by atoms with Crippen molar-refractivity contribution >= 4 is 0 Å². The first-order valence-electron chi connectivity index (χ1n) is 5.81. The van der Waals surface area contributed by atoms with Gasteiger partial charge in [0.2, 0.25) is 0 Å². The average Bonchev–Trinajstić information content (AvgIpc) is 2.88. The fraction of sp³-hybridized carbons (Fsp3) is 0.500. The van der Waals surface area contributed by atoms with Crippen LogP contribution in [0.15, 0.2) is 16.8 Å². The molecule has 0 aliphatic carbocycles. The Labute approximate surface area is 101 Å². The standard InChI is InChI=1S/C12H18N4O/c1-8-6-11(10(3)17-8)9(2)13-5-4-12-14-7-15-16-12/h6-7,9,13H,4-5H2,1-3H3,(H,14,15,16). The van der Waals surface area contributed by atoms with Gasteiger partial charge in [-0.2, -0.15) is 5.10 Å². The van der Waals surface area contributed by atoms with Crippen LogP contribution in [0.2, 0.25) is 0 Å². The lowest BCUT2D eigenvalue weighted by atomic mass is 10.1. The molecule has 0 fully saturated rings. The van der Waals surface area contributed by atoms with E-state index in [2.05, 4.69) is 33.5 Å². The molecule has 0 bridgehead atoms. The van der Waals surface area contributed by atoms with Crippen LogP contribution >= 0.6 is 0 Å². The third-order valence-electron chi connectivity index (χ3n) is 2.82. The fourth-order valence-electron chi connectivity index (χ4n) is 1.95. The van der Waals surface area contributed by atoms with Gasteiger partial charge in [-0.3, -0.25) is 5.10 Å². The highest BCUT2D eigenvalue weighted by Crippen LogP contribution is 2.20. The molecular formula is C12H18N4O. The lowest BCUT2D eigenvalue weighted by molar-refractivity contribution is 0.490. The number of aromatic nitrogens is 3. The van der Waals surface area contributed by atoms with Crippen LogP contribution in [0.4, 0.5) is 0 Å². The van der Waals surface area contributed by atoms with E-state index in [1.54, 1.807) is 0 Å². The molecular weight excluding hydrogens is 216 g/mol. The molecule has 5 heteroatoms. The maximum Gasteiger partial charge on any atom is 0.137 e. The monoisotopic (exact) mass is 234 g/mol. The van der Waals surface area contributed by atoms with Crippen molar-refractivity contribution in [1.29, 1.82) is 0 Å². The average molecular weight is 234 g/mol. The van der Waals surface area contributed by atoms with Crippen LogP contribution in [0.3, 0.4) is 0 Å². The van der Waals surface area contributed by atoms with Crippen LogP contribution in [0.25, 0.3) is 0 Å². The van der Waals surface area contributed by atoms with E-state index in [0.29, 0.717) is 0 Å². The van der Waals surface area contributed by atoms with Crippen molar-refractivity contribution < 1.29 is 4.42 Å². The Morgan fingerprint density at radius 1 is 1.47 bits per heavy atom. The van der Waals surface area contributed by atoms with Gasteiger partial charge >= 0.3 is 0 Å². The molecule has 0 spiro atoms. The summed E-state index contributed by atoms with van der Waals surface area (Å²) >= 11 is 0. The molecule has 2 rings (SSSR count). The lowest BCUT2D eigenvalue weighted by Crippen LogP contribution is -2.21. The van der Waals surface area contributed by atoms with Crippen LogP contribution in [0, 0.1) is 13.8 Å². The normalized spacial score (nSPS) is 12.9. The number of nitrogens with zero attached hydrogens (tertiary/aromatic N) is 2. The fourth-order valence-corrected chi connectivity index (χ4v) is 1.95. The van der Waals surface area contributed by atoms with E-state index in [4.69, 9.17) is 4.42 Å². The SMILES string of the molecule is Cc1cc(C(C)NCCc2ncn[nH]2)c(C)o1. The van der Waals surface area contributed by atoms with E-state index < -0.39 is 0 Å². The molecule has 0 saturated heterocycles. The largest absolute Gasteiger partial charge is 0.466 e. The quantitative estimate of drug-likeness (QED) is 0.829. The van der Waals surface area contributed by atoms with Crippen molar-refractivity contribution in [1.82, 2.24) is 20.5 Å². The van der Waals surface area contributed by atoms with Gasteiger partial charge < -0.3 is 9.73 Å². The van der Waals surface area contributed by atoms with Gasteiger partial charge in [0.25, 0.3) is 0 Å². The third kappa shape index (κ3) is 2.94. The molecule has 0 radical (unpaired) electrons. The Hall–Kier alpha value is -1.62. The Balaban J connectivity index is 1.85. The van der Waals surface area contributed by atoms with Crippen LogP contribution in [0.5, 0.6) is 0 Å². The summed E-state index contributed by atoms with van der Waals surface area (Å²) in [5.74, 6) is 2.85. The molecule has 0 aliphatic rings. The van der Waals surface area contributed by atoms with E-state index >= 15 is 0 Å². The summed E-state index contributed by atoms with van der Waals surface area (Å²) in [5, 5.41) is 10.1. The molecule has 0 aliphatic heterocycles. The van der Waals surface area contributed by atoms with E-state index in [0.717, 1.165) is 30.3 Å². The molecule has 1 atom stereocenters. The molecule has 0 amide bonds. The zero-order valence-corrected chi connectivity index (χ0v) is 10.4. The van der Waals surface area contributed by atoms with Gasteiger partial charge in [-0.25, -0.2) is 4.98 Å². The topological polar surface area (TPSA) is 66.7 Å². The summed E-state index contributed by atoms with van der Waals surface area (Å²) in [4.78, 5) is 4.08. The number of hydrogen-bond acceptors (Lipinski definition) is 4. The van der Waals surface area contributed by atoms with Crippen molar-refractivity contribution in [3.05, 3.63) is 35.3 Å². The minimum atomic E-state index is 0.287. The van der Waals surface area contributed by atoms with Crippen molar-refractivity contribution in [2.45, 2.75) is 33.2 Å². The third-order valence-corrected chi connectivity index (χ3v) is 2.82. The van der Waals surface area contributed by atoms with Gasteiger partial charge in [0.15, 0.2) is 0 Å². The first-order chi connectivity index (χ1) is 8.16. The van der Waals surface area contributed by atoms with Gasteiger partial charge in [0, 0.05) is 24.6 Å². The highest BCUT2D eigenvalue weighted by molar-refractivity contribution is 5.23. The van der Waals surface area contributed by atoms with E-state index in [1.807, 2.05) is 13.8 Å². The van der Waals surface area contributed by atoms with Crippen molar-refractivity contribution in [3.63, 3.8) is 0 Å². The summed E-state index contributed by atoms with van der Waals surface area (Å²) in [5.41, 5.74) is 1.22. The summed E-state index contributed by atoms with van der Waals surface area (Å²) in [7, 11) is 0. The summed E-state index contributed by atoms with van der Waals surface area (Å²) in [6, 6.07) is 2.37. The summed E-state index contributed by atoms with van der Waals surface area (Å²) in [6.45, 7) is 6.96. The predicted molar refractivity (Wildman–Crippen MR) is 64.7 cm³/mol. The first kappa shape index (κ1) is 11.9. The molecule has 2 N–H and O–H groups in total. The number of furan rings is 1. The van der Waals surface area contributed by atoms with Gasteiger partial charge in [-0.1, -0.05) is 0 Å². The number of H-pyrrole nitrogens is 1. The Kier molecular flexibility index (Phi) is 3.58.